The highest BCUT2D eigenvalue weighted by Gasteiger charge is 2.11. The molecule has 0 unspecified atom stereocenters. The topological polar surface area (TPSA) is 74.6 Å². The molecule has 1 aromatic carbocycles. The zero-order chi connectivity index (χ0) is 16.7. The van der Waals surface area contributed by atoms with E-state index in [2.05, 4.69) is 15.3 Å². The molecule has 2 aromatic rings. The van der Waals surface area contributed by atoms with Crippen molar-refractivity contribution in [1.29, 1.82) is 0 Å². The van der Waals surface area contributed by atoms with Gasteiger partial charge in [0, 0.05) is 29.9 Å². The van der Waals surface area contributed by atoms with Crippen LogP contribution in [0.4, 0.5) is 5.69 Å². The number of pyridine rings is 1. The number of carbonyl (C=O) groups excluding carboxylic acids is 1. The second-order valence-corrected chi connectivity index (χ2v) is 5.01. The maximum absolute atomic E-state index is 12.2. The molecule has 0 atom stereocenters. The number of aliphatic imine (C=N–C) groups is 1. The Hall–Kier alpha value is -2.86. The number of nitrogens with zero attached hydrogens (tertiary/aromatic N) is 2. The van der Waals surface area contributed by atoms with E-state index in [1.807, 2.05) is 6.07 Å². The fraction of sp³-hybridized carbons (Fsp3) is 0.0588. The van der Waals surface area contributed by atoms with Crippen LogP contribution in [0.3, 0.4) is 0 Å². The number of thiocarbonyl (C=S) groups is 1. The average molecular weight is 325 g/mol. The van der Waals surface area contributed by atoms with E-state index >= 15 is 0 Å². The van der Waals surface area contributed by atoms with Crippen molar-refractivity contribution in [3.63, 3.8) is 0 Å². The third-order valence-electron chi connectivity index (χ3n) is 2.90. The molecule has 0 spiro atoms. The lowest BCUT2D eigenvalue weighted by molar-refractivity contribution is -0.112. The van der Waals surface area contributed by atoms with Crippen LogP contribution in [0.1, 0.15) is 12.5 Å². The fourth-order valence-electron chi connectivity index (χ4n) is 1.73. The highest BCUT2D eigenvalue weighted by molar-refractivity contribution is 7.80. The van der Waals surface area contributed by atoms with E-state index < -0.39 is 5.91 Å². The molecule has 1 aromatic heterocycles. The monoisotopic (exact) mass is 325 g/mol. The van der Waals surface area contributed by atoms with Gasteiger partial charge in [-0.1, -0.05) is 30.4 Å². The van der Waals surface area contributed by atoms with E-state index in [0.717, 1.165) is 0 Å². The summed E-state index contributed by atoms with van der Waals surface area (Å²) in [6.07, 6.45) is 4.47. The summed E-state index contributed by atoms with van der Waals surface area (Å²) in [6, 6.07) is 12.4. The predicted octanol–water partition coefficient (Wildman–Crippen LogP) is 3.30. The quantitative estimate of drug-likeness (QED) is 0.391. The van der Waals surface area contributed by atoms with Gasteiger partial charge in [0.15, 0.2) is 0 Å². The third-order valence-corrected chi connectivity index (χ3v) is 3.25. The molecule has 0 aliphatic heterocycles. The van der Waals surface area contributed by atoms with Gasteiger partial charge in [0.1, 0.15) is 10.7 Å². The van der Waals surface area contributed by atoms with Crippen molar-refractivity contribution in [2.45, 2.75) is 6.92 Å². The van der Waals surface area contributed by atoms with E-state index in [1.54, 1.807) is 48.8 Å². The Morgan fingerprint density at radius 1 is 1.22 bits per heavy atom. The van der Waals surface area contributed by atoms with Crippen molar-refractivity contribution < 1.29 is 9.90 Å². The number of aliphatic hydroxyl groups is 1. The normalized spacial score (nSPS) is 11.9. The number of rotatable bonds is 4. The zero-order valence-electron chi connectivity index (χ0n) is 12.4. The SMILES string of the molecule is C/C(O)=C(/C=NC(=S)c1ccncc1)C(=O)Nc1ccccc1. The highest BCUT2D eigenvalue weighted by Crippen LogP contribution is 2.09. The molecule has 2 rings (SSSR count). The van der Waals surface area contributed by atoms with Gasteiger partial charge in [0.25, 0.3) is 5.91 Å². The first kappa shape index (κ1) is 16.5. The molecule has 116 valence electrons. The van der Waals surface area contributed by atoms with Gasteiger partial charge in [-0.2, -0.15) is 0 Å². The molecule has 0 fully saturated rings. The second kappa shape index (κ2) is 7.95. The van der Waals surface area contributed by atoms with Gasteiger partial charge in [0.2, 0.25) is 0 Å². The van der Waals surface area contributed by atoms with E-state index in [4.69, 9.17) is 12.2 Å². The Morgan fingerprint density at radius 2 is 1.87 bits per heavy atom. The molecule has 1 heterocycles. The Bertz CT molecular complexity index is 752. The summed E-state index contributed by atoms with van der Waals surface area (Å²) in [5.74, 6) is -0.600. The minimum absolute atomic E-state index is 0.0465. The van der Waals surface area contributed by atoms with Gasteiger partial charge in [-0.3, -0.25) is 9.78 Å². The molecule has 0 radical (unpaired) electrons. The maximum Gasteiger partial charge on any atom is 0.260 e. The Kier molecular flexibility index (Phi) is 5.71. The molecule has 0 saturated carbocycles. The number of aromatic nitrogens is 1. The molecule has 0 aliphatic carbocycles. The van der Waals surface area contributed by atoms with Crippen molar-refractivity contribution in [2.24, 2.45) is 4.99 Å². The molecule has 5 nitrogen and oxygen atoms in total. The number of hydrogen-bond acceptors (Lipinski definition) is 4. The lowest BCUT2D eigenvalue weighted by Crippen LogP contribution is -2.17. The van der Waals surface area contributed by atoms with Crippen molar-refractivity contribution >= 4 is 35.0 Å². The summed E-state index contributed by atoms with van der Waals surface area (Å²) in [6.45, 7) is 1.42. The molecule has 23 heavy (non-hydrogen) atoms. The van der Waals surface area contributed by atoms with Crippen LogP contribution in [0, 0.1) is 0 Å². The molecular weight excluding hydrogens is 310 g/mol. The third kappa shape index (κ3) is 4.82. The van der Waals surface area contributed by atoms with Crippen LogP contribution in [0.25, 0.3) is 0 Å². The number of aliphatic hydroxyl groups excluding tert-OH is 1. The fourth-order valence-corrected chi connectivity index (χ4v) is 1.92. The van der Waals surface area contributed by atoms with Crippen LogP contribution in [-0.2, 0) is 4.79 Å². The van der Waals surface area contributed by atoms with E-state index in [0.29, 0.717) is 16.2 Å². The number of allylic oxidation sites excluding steroid dienone is 1. The minimum Gasteiger partial charge on any atom is -0.512 e. The Balaban J connectivity index is 2.13. The molecule has 6 heteroatoms. The van der Waals surface area contributed by atoms with Crippen molar-refractivity contribution in [1.82, 2.24) is 4.98 Å². The minimum atomic E-state index is -0.461. The Morgan fingerprint density at radius 3 is 2.48 bits per heavy atom. The molecule has 1 amide bonds. The van der Waals surface area contributed by atoms with Crippen LogP contribution in [0.5, 0.6) is 0 Å². The summed E-state index contributed by atoms with van der Waals surface area (Å²) in [5, 5.41) is 12.4. The zero-order valence-corrected chi connectivity index (χ0v) is 13.2. The van der Waals surface area contributed by atoms with Gasteiger partial charge in [-0.25, -0.2) is 4.99 Å². The Labute approximate surface area is 139 Å². The maximum atomic E-state index is 12.2. The number of nitrogens with one attached hydrogen (secondary N) is 1. The van der Waals surface area contributed by atoms with E-state index in [1.165, 1.54) is 13.1 Å². The summed E-state index contributed by atoms with van der Waals surface area (Å²) in [5.41, 5.74) is 1.39. The van der Waals surface area contributed by atoms with Gasteiger partial charge >= 0.3 is 0 Å². The standard InChI is InChI=1S/C17H15N3O2S/c1-12(21)15(16(22)20-14-5-3-2-4-6-14)11-19-17(23)13-7-9-18-10-8-13/h2-11,21H,1H3,(H,20,22)/b15-12+,19-11?. The summed E-state index contributed by atoms with van der Waals surface area (Å²) < 4.78 is 0. The highest BCUT2D eigenvalue weighted by atomic mass is 32.1. The molecule has 0 saturated heterocycles. The van der Waals surface area contributed by atoms with Crippen LogP contribution in [0.2, 0.25) is 0 Å². The number of carbonyl (C=O) groups is 1. The average Bonchev–Trinajstić information content (AvgIpc) is 2.56. The lowest BCUT2D eigenvalue weighted by atomic mass is 10.2. The summed E-state index contributed by atoms with van der Waals surface area (Å²) >= 11 is 5.18. The molecule has 0 bridgehead atoms. The van der Waals surface area contributed by atoms with Gasteiger partial charge in [0.05, 0.1) is 5.57 Å². The predicted molar refractivity (Wildman–Crippen MR) is 94.8 cm³/mol. The van der Waals surface area contributed by atoms with E-state index in [9.17, 15) is 9.90 Å². The number of amides is 1. The number of para-hydroxylation sites is 1. The number of benzene rings is 1. The molecule has 2 N–H and O–H groups in total. The largest absolute Gasteiger partial charge is 0.512 e. The number of anilines is 1. The summed E-state index contributed by atoms with van der Waals surface area (Å²) in [4.78, 5) is 20.5. The van der Waals surface area contributed by atoms with Gasteiger partial charge in [-0.15, -0.1) is 0 Å². The van der Waals surface area contributed by atoms with Crippen molar-refractivity contribution in [2.75, 3.05) is 5.32 Å². The molecule has 0 aliphatic rings. The lowest BCUT2D eigenvalue weighted by Gasteiger charge is -2.06. The van der Waals surface area contributed by atoms with Crippen LogP contribution < -0.4 is 5.32 Å². The van der Waals surface area contributed by atoms with E-state index in [-0.39, 0.29) is 11.3 Å². The van der Waals surface area contributed by atoms with Gasteiger partial charge < -0.3 is 10.4 Å². The summed E-state index contributed by atoms with van der Waals surface area (Å²) in [7, 11) is 0. The first-order valence-corrected chi connectivity index (χ1v) is 7.23. The van der Waals surface area contributed by atoms with Crippen molar-refractivity contribution in [3.8, 4) is 0 Å². The smallest absolute Gasteiger partial charge is 0.260 e. The van der Waals surface area contributed by atoms with Crippen molar-refractivity contribution in [3.05, 3.63) is 71.8 Å². The number of hydrogen-bond donors (Lipinski definition) is 2. The first-order valence-electron chi connectivity index (χ1n) is 6.82. The van der Waals surface area contributed by atoms with Gasteiger partial charge in [-0.05, 0) is 31.2 Å². The second-order valence-electron chi connectivity index (χ2n) is 4.62. The van der Waals surface area contributed by atoms with Crippen LogP contribution in [0.15, 0.2) is 71.2 Å². The molecular formula is C17H15N3O2S. The van der Waals surface area contributed by atoms with Crippen LogP contribution >= 0.6 is 12.2 Å². The first-order chi connectivity index (χ1) is 11.1. The van der Waals surface area contributed by atoms with Crippen LogP contribution in [-0.4, -0.2) is 27.2 Å².